The highest BCUT2D eigenvalue weighted by atomic mass is 16.5. The summed E-state index contributed by atoms with van der Waals surface area (Å²) in [6, 6.07) is 18.1. The smallest absolute Gasteiger partial charge is 0.263 e. The monoisotopic (exact) mass is 380 g/mol. The Morgan fingerprint density at radius 3 is 2.54 bits per heavy atom. The first-order valence-electron chi connectivity index (χ1n) is 10.1. The minimum absolute atomic E-state index is 0.0175. The molecular formula is C23H28N2O3. The Bertz CT molecular complexity index is 805. The van der Waals surface area contributed by atoms with E-state index in [9.17, 15) is 4.79 Å². The van der Waals surface area contributed by atoms with E-state index in [0.717, 1.165) is 56.1 Å². The number of anilines is 1. The van der Waals surface area contributed by atoms with Gasteiger partial charge in [0.2, 0.25) is 0 Å². The number of morpholine rings is 1. The number of hydrogen-bond donors (Lipinski definition) is 0. The highest BCUT2D eigenvalue weighted by molar-refractivity contribution is 6.06. The van der Waals surface area contributed by atoms with Gasteiger partial charge in [-0.15, -0.1) is 0 Å². The molecule has 1 atom stereocenters. The second kappa shape index (κ2) is 8.43. The van der Waals surface area contributed by atoms with Crippen LogP contribution in [0.4, 0.5) is 5.69 Å². The van der Waals surface area contributed by atoms with Crippen molar-refractivity contribution < 1.29 is 14.3 Å². The third kappa shape index (κ3) is 3.83. The summed E-state index contributed by atoms with van der Waals surface area (Å²) in [5.41, 5.74) is 2.10. The summed E-state index contributed by atoms with van der Waals surface area (Å²) in [5.74, 6) is 0.0175. The molecule has 0 aromatic heterocycles. The van der Waals surface area contributed by atoms with Crippen LogP contribution < -0.4 is 4.90 Å². The number of rotatable bonds is 7. The van der Waals surface area contributed by atoms with Crippen molar-refractivity contribution >= 4 is 11.6 Å². The first-order valence-corrected chi connectivity index (χ1v) is 10.1. The lowest BCUT2D eigenvalue weighted by molar-refractivity contribution is -0.141. The minimum atomic E-state index is -0.920. The van der Waals surface area contributed by atoms with Crippen LogP contribution in [0.15, 0.2) is 54.6 Å². The van der Waals surface area contributed by atoms with Crippen LogP contribution in [0.3, 0.4) is 0 Å². The molecule has 148 valence electrons. The summed E-state index contributed by atoms with van der Waals surface area (Å²) in [5, 5.41) is 0. The van der Waals surface area contributed by atoms with Gasteiger partial charge in [-0.3, -0.25) is 9.69 Å². The van der Waals surface area contributed by atoms with Crippen LogP contribution in [0, 0.1) is 0 Å². The predicted octanol–water partition coefficient (Wildman–Crippen LogP) is 3.19. The molecule has 0 N–H and O–H groups in total. The zero-order valence-electron chi connectivity index (χ0n) is 16.5. The van der Waals surface area contributed by atoms with E-state index >= 15 is 0 Å². The van der Waals surface area contributed by atoms with Crippen molar-refractivity contribution in [2.24, 2.45) is 0 Å². The van der Waals surface area contributed by atoms with E-state index in [-0.39, 0.29) is 5.91 Å². The molecule has 1 amide bonds. The summed E-state index contributed by atoms with van der Waals surface area (Å²) in [6.07, 6.45) is 0.906. The molecule has 5 heteroatoms. The largest absolute Gasteiger partial charge is 0.379 e. The molecule has 2 aliphatic rings. The van der Waals surface area contributed by atoms with Crippen molar-refractivity contribution in [1.29, 1.82) is 0 Å². The summed E-state index contributed by atoms with van der Waals surface area (Å²) in [7, 11) is 0. The Hall–Kier alpha value is -2.21. The van der Waals surface area contributed by atoms with Crippen LogP contribution in [0.1, 0.15) is 24.5 Å². The molecule has 1 saturated heterocycles. The van der Waals surface area contributed by atoms with Gasteiger partial charge < -0.3 is 14.4 Å². The number of carbonyl (C=O) groups excluding carboxylic acids is 1. The van der Waals surface area contributed by atoms with Gasteiger partial charge in [0.25, 0.3) is 5.91 Å². The fourth-order valence-electron chi connectivity index (χ4n) is 4.05. The predicted molar refractivity (Wildman–Crippen MR) is 109 cm³/mol. The van der Waals surface area contributed by atoms with Crippen molar-refractivity contribution in [3.05, 3.63) is 65.7 Å². The molecule has 1 fully saturated rings. The topological polar surface area (TPSA) is 42.0 Å². The number of para-hydroxylation sites is 1. The summed E-state index contributed by atoms with van der Waals surface area (Å²) in [4.78, 5) is 17.6. The normalized spacial score (nSPS) is 22.5. The summed E-state index contributed by atoms with van der Waals surface area (Å²) < 4.78 is 11.6. The maximum atomic E-state index is 13.4. The van der Waals surface area contributed by atoms with Crippen molar-refractivity contribution in [3.63, 3.8) is 0 Å². The fourth-order valence-corrected chi connectivity index (χ4v) is 4.05. The van der Waals surface area contributed by atoms with Gasteiger partial charge in [-0.05, 0) is 25.0 Å². The van der Waals surface area contributed by atoms with E-state index in [1.165, 1.54) is 0 Å². The maximum absolute atomic E-state index is 13.4. The van der Waals surface area contributed by atoms with Crippen LogP contribution >= 0.6 is 0 Å². The number of benzene rings is 2. The summed E-state index contributed by atoms with van der Waals surface area (Å²) in [6.45, 7) is 7.57. The SMILES string of the molecule is CC1(OCCCN2CCOCC2)C(=O)N(Cc2ccccc2)c2ccccc21. The van der Waals surface area contributed by atoms with E-state index in [2.05, 4.69) is 17.0 Å². The average molecular weight is 380 g/mol. The van der Waals surface area contributed by atoms with Crippen LogP contribution in [0.2, 0.25) is 0 Å². The highest BCUT2D eigenvalue weighted by Gasteiger charge is 2.48. The van der Waals surface area contributed by atoms with E-state index in [4.69, 9.17) is 9.47 Å². The lowest BCUT2D eigenvalue weighted by Gasteiger charge is -2.28. The summed E-state index contributed by atoms with van der Waals surface area (Å²) >= 11 is 0. The lowest BCUT2D eigenvalue weighted by Crippen LogP contribution is -2.41. The Morgan fingerprint density at radius 2 is 1.75 bits per heavy atom. The van der Waals surface area contributed by atoms with Crippen molar-refractivity contribution in [2.75, 3.05) is 44.4 Å². The van der Waals surface area contributed by atoms with E-state index < -0.39 is 5.60 Å². The van der Waals surface area contributed by atoms with Gasteiger partial charge in [-0.2, -0.15) is 0 Å². The molecule has 0 radical (unpaired) electrons. The molecular weight excluding hydrogens is 352 g/mol. The first kappa shape index (κ1) is 19.1. The van der Waals surface area contributed by atoms with Crippen LogP contribution in [0.25, 0.3) is 0 Å². The number of nitrogens with zero attached hydrogens (tertiary/aromatic N) is 2. The third-order valence-electron chi connectivity index (χ3n) is 5.66. The molecule has 1 unspecified atom stereocenters. The molecule has 2 aromatic carbocycles. The Labute approximate surface area is 166 Å². The number of ether oxygens (including phenoxy) is 2. The molecule has 4 rings (SSSR count). The van der Waals surface area contributed by atoms with Gasteiger partial charge in [0, 0.05) is 31.8 Å². The average Bonchev–Trinajstić information content (AvgIpc) is 2.95. The maximum Gasteiger partial charge on any atom is 0.263 e. The highest BCUT2D eigenvalue weighted by Crippen LogP contribution is 2.43. The number of carbonyl (C=O) groups is 1. The Morgan fingerprint density at radius 1 is 1.04 bits per heavy atom. The number of amides is 1. The van der Waals surface area contributed by atoms with Gasteiger partial charge in [0.15, 0.2) is 5.60 Å². The molecule has 2 aliphatic heterocycles. The molecule has 2 heterocycles. The van der Waals surface area contributed by atoms with Crippen LogP contribution in [-0.4, -0.2) is 50.3 Å². The van der Waals surface area contributed by atoms with E-state index in [1.54, 1.807) is 0 Å². The zero-order chi connectivity index (χ0) is 19.4. The molecule has 0 spiro atoms. The van der Waals surface area contributed by atoms with Gasteiger partial charge >= 0.3 is 0 Å². The minimum Gasteiger partial charge on any atom is -0.379 e. The van der Waals surface area contributed by atoms with Crippen LogP contribution in [0.5, 0.6) is 0 Å². The van der Waals surface area contributed by atoms with E-state index in [1.807, 2.05) is 54.3 Å². The second-order valence-electron chi connectivity index (χ2n) is 7.58. The Balaban J connectivity index is 1.44. The number of hydrogen-bond acceptors (Lipinski definition) is 4. The Kier molecular flexibility index (Phi) is 5.76. The van der Waals surface area contributed by atoms with Crippen LogP contribution in [-0.2, 0) is 26.4 Å². The van der Waals surface area contributed by atoms with Gasteiger partial charge in [0.1, 0.15) is 0 Å². The standard InChI is InChI=1S/C23H28N2O3/c1-23(28-15-7-12-24-13-16-27-17-14-24)20-10-5-6-11-21(20)25(22(23)26)18-19-8-3-2-4-9-19/h2-6,8-11H,7,12-18H2,1H3. The quantitative estimate of drug-likeness (QED) is 0.692. The van der Waals surface area contributed by atoms with Crippen molar-refractivity contribution in [1.82, 2.24) is 4.90 Å². The number of fused-ring (bicyclic) bond motifs is 1. The van der Waals surface area contributed by atoms with Gasteiger partial charge in [0.05, 0.1) is 25.4 Å². The van der Waals surface area contributed by atoms with E-state index in [0.29, 0.717) is 13.2 Å². The van der Waals surface area contributed by atoms with Gasteiger partial charge in [-0.25, -0.2) is 0 Å². The van der Waals surface area contributed by atoms with Crippen molar-refractivity contribution in [3.8, 4) is 0 Å². The fraction of sp³-hybridized carbons (Fsp3) is 0.435. The molecule has 0 saturated carbocycles. The van der Waals surface area contributed by atoms with Crippen molar-refractivity contribution in [2.45, 2.75) is 25.5 Å². The molecule has 2 aromatic rings. The molecule has 0 bridgehead atoms. The lowest BCUT2D eigenvalue weighted by atomic mass is 9.97. The first-order chi connectivity index (χ1) is 13.7. The second-order valence-corrected chi connectivity index (χ2v) is 7.58. The zero-order valence-corrected chi connectivity index (χ0v) is 16.5. The van der Waals surface area contributed by atoms with Gasteiger partial charge in [-0.1, -0.05) is 48.5 Å². The molecule has 28 heavy (non-hydrogen) atoms. The molecule has 5 nitrogen and oxygen atoms in total. The molecule has 0 aliphatic carbocycles. The third-order valence-corrected chi connectivity index (χ3v) is 5.66.